The summed E-state index contributed by atoms with van der Waals surface area (Å²) in [5, 5.41) is 19.6. The number of phenols is 2. The summed E-state index contributed by atoms with van der Waals surface area (Å²) < 4.78 is 14.4. The van der Waals surface area contributed by atoms with Crippen LogP contribution in [0, 0.1) is 12.7 Å². The Labute approximate surface area is 112 Å². The molecule has 2 nitrogen and oxygen atoms in total. The van der Waals surface area contributed by atoms with E-state index in [1.165, 1.54) is 18.2 Å². The normalized spacial score (nSPS) is 10.7. The Kier molecular flexibility index (Phi) is 3.74. The zero-order valence-electron chi connectivity index (χ0n) is 11.1. The summed E-state index contributed by atoms with van der Waals surface area (Å²) in [6, 6.07) is 7.85. The SMILES string of the molecule is CCCc1ccc(-c2c(O)cccc2O)c(F)c1C. The van der Waals surface area contributed by atoms with Crippen LogP contribution in [0.2, 0.25) is 0 Å². The largest absolute Gasteiger partial charge is 0.507 e. The number of hydrogen-bond donors (Lipinski definition) is 2. The summed E-state index contributed by atoms with van der Waals surface area (Å²) in [5.41, 5.74) is 1.90. The first-order valence-electron chi connectivity index (χ1n) is 6.35. The number of rotatable bonds is 3. The molecule has 0 bridgehead atoms. The maximum Gasteiger partial charge on any atom is 0.134 e. The molecule has 0 spiro atoms. The van der Waals surface area contributed by atoms with Gasteiger partial charge in [0.25, 0.3) is 0 Å². The Bertz CT molecular complexity index is 586. The summed E-state index contributed by atoms with van der Waals surface area (Å²) in [6.07, 6.45) is 1.76. The minimum absolute atomic E-state index is 0.124. The van der Waals surface area contributed by atoms with Crippen molar-refractivity contribution >= 4 is 0 Å². The maximum absolute atomic E-state index is 14.4. The van der Waals surface area contributed by atoms with E-state index in [4.69, 9.17) is 0 Å². The van der Waals surface area contributed by atoms with Crippen LogP contribution in [0.25, 0.3) is 11.1 Å². The minimum atomic E-state index is -0.386. The monoisotopic (exact) mass is 260 g/mol. The Morgan fingerprint density at radius 3 is 2.26 bits per heavy atom. The molecular weight excluding hydrogens is 243 g/mol. The van der Waals surface area contributed by atoms with Crippen molar-refractivity contribution in [2.45, 2.75) is 26.7 Å². The van der Waals surface area contributed by atoms with Crippen LogP contribution in [0.4, 0.5) is 4.39 Å². The molecule has 3 heteroatoms. The van der Waals surface area contributed by atoms with Gasteiger partial charge in [0, 0.05) is 5.56 Å². The highest BCUT2D eigenvalue weighted by Crippen LogP contribution is 2.39. The molecule has 2 aromatic rings. The number of aromatic hydroxyl groups is 2. The van der Waals surface area contributed by atoms with E-state index in [2.05, 4.69) is 0 Å². The van der Waals surface area contributed by atoms with Crippen molar-refractivity contribution in [2.24, 2.45) is 0 Å². The highest BCUT2D eigenvalue weighted by atomic mass is 19.1. The van der Waals surface area contributed by atoms with Crippen molar-refractivity contribution in [3.8, 4) is 22.6 Å². The van der Waals surface area contributed by atoms with Crippen LogP contribution in [0.5, 0.6) is 11.5 Å². The molecule has 100 valence electrons. The van der Waals surface area contributed by atoms with Gasteiger partial charge in [-0.1, -0.05) is 31.5 Å². The Hall–Kier alpha value is -2.03. The third kappa shape index (κ3) is 2.41. The molecule has 0 aliphatic rings. The molecule has 0 atom stereocenters. The van der Waals surface area contributed by atoms with E-state index in [1.54, 1.807) is 13.0 Å². The fourth-order valence-corrected chi connectivity index (χ4v) is 2.26. The third-order valence-corrected chi connectivity index (χ3v) is 3.31. The fraction of sp³-hybridized carbons (Fsp3) is 0.250. The number of phenolic OH excluding ortho intramolecular Hbond substituents is 2. The first kappa shape index (κ1) is 13.4. The van der Waals surface area contributed by atoms with E-state index in [9.17, 15) is 14.6 Å². The summed E-state index contributed by atoms with van der Waals surface area (Å²) in [5.74, 6) is -0.633. The summed E-state index contributed by atoms with van der Waals surface area (Å²) >= 11 is 0. The second-order valence-corrected chi connectivity index (χ2v) is 4.63. The van der Waals surface area contributed by atoms with Crippen LogP contribution in [0.1, 0.15) is 24.5 Å². The fourth-order valence-electron chi connectivity index (χ4n) is 2.26. The Morgan fingerprint density at radius 1 is 1.05 bits per heavy atom. The molecule has 0 saturated heterocycles. The van der Waals surface area contributed by atoms with Crippen molar-refractivity contribution in [2.75, 3.05) is 0 Å². The maximum atomic E-state index is 14.4. The first-order chi connectivity index (χ1) is 9.06. The number of benzene rings is 2. The van der Waals surface area contributed by atoms with Crippen molar-refractivity contribution in [3.05, 3.63) is 47.3 Å². The highest BCUT2D eigenvalue weighted by Gasteiger charge is 2.16. The lowest BCUT2D eigenvalue weighted by molar-refractivity contribution is 0.453. The zero-order chi connectivity index (χ0) is 14.0. The number of hydrogen-bond acceptors (Lipinski definition) is 2. The molecule has 2 N–H and O–H groups in total. The van der Waals surface area contributed by atoms with Gasteiger partial charge in [-0.25, -0.2) is 4.39 Å². The second kappa shape index (κ2) is 5.31. The lowest BCUT2D eigenvalue weighted by Crippen LogP contribution is -1.96. The molecule has 0 aliphatic heterocycles. The van der Waals surface area contributed by atoms with Gasteiger partial charge in [0.05, 0.1) is 5.56 Å². The summed E-state index contributed by atoms with van der Waals surface area (Å²) in [6.45, 7) is 3.76. The number of aryl methyl sites for hydroxylation is 1. The molecule has 0 amide bonds. The van der Waals surface area contributed by atoms with E-state index < -0.39 is 0 Å². The van der Waals surface area contributed by atoms with E-state index in [0.29, 0.717) is 5.56 Å². The van der Waals surface area contributed by atoms with Gasteiger partial charge in [-0.15, -0.1) is 0 Å². The van der Waals surface area contributed by atoms with Crippen LogP contribution < -0.4 is 0 Å². The molecule has 19 heavy (non-hydrogen) atoms. The molecule has 0 saturated carbocycles. The molecule has 0 fully saturated rings. The lowest BCUT2D eigenvalue weighted by Gasteiger charge is -2.12. The number of halogens is 1. The van der Waals surface area contributed by atoms with Gasteiger partial charge in [-0.3, -0.25) is 0 Å². The third-order valence-electron chi connectivity index (χ3n) is 3.31. The Morgan fingerprint density at radius 2 is 1.68 bits per heavy atom. The highest BCUT2D eigenvalue weighted by molar-refractivity contribution is 5.77. The van der Waals surface area contributed by atoms with E-state index in [-0.39, 0.29) is 28.4 Å². The standard InChI is InChI=1S/C16H17FO2/c1-3-5-11-8-9-12(16(17)10(11)2)15-13(18)6-4-7-14(15)19/h4,6-9,18-19H,3,5H2,1-2H3. The first-order valence-corrected chi connectivity index (χ1v) is 6.35. The predicted octanol–water partition coefficient (Wildman–Crippen LogP) is 4.16. The van der Waals surface area contributed by atoms with Crippen molar-refractivity contribution < 1.29 is 14.6 Å². The van der Waals surface area contributed by atoms with Gasteiger partial charge in [-0.2, -0.15) is 0 Å². The molecule has 2 rings (SSSR count). The topological polar surface area (TPSA) is 40.5 Å². The van der Waals surface area contributed by atoms with Gasteiger partial charge >= 0.3 is 0 Å². The van der Waals surface area contributed by atoms with E-state index in [0.717, 1.165) is 18.4 Å². The summed E-state index contributed by atoms with van der Waals surface area (Å²) in [4.78, 5) is 0. The Balaban J connectivity index is 2.61. The molecule has 0 heterocycles. The van der Waals surface area contributed by atoms with Crippen LogP contribution in [-0.2, 0) is 6.42 Å². The molecule has 0 radical (unpaired) electrons. The van der Waals surface area contributed by atoms with Gasteiger partial charge in [0.1, 0.15) is 17.3 Å². The van der Waals surface area contributed by atoms with E-state index in [1.807, 2.05) is 13.0 Å². The smallest absolute Gasteiger partial charge is 0.134 e. The average Bonchev–Trinajstić information content (AvgIpc) is 2.37. The molecule has 2 aromatic carbocycles. The summed E-state index contributed by atoms with van der Waals surface area (Å²) in [7, 11) is 0. The lowest BCUT2D eigenvalue weighted by atomic mass is 9.96. The van der Waals surface area contributed by atoms with Gasteiger partial charge in [0.15, 0.2) is 0 Å². The van der Waals surface area contributed by atoms with Crippen molar-refractivity contribution in [1.29, 1.82) is 0 Å². The van der Waals surface area contributed by atoms with Crippen LogP contribution in [-0.4, -0.2) is 10.2 Å². The average molecular weight is 260 g/mol. The van der Waals surface area contributed by atoms with Gasteiger partial charge in [0.2, 0.25) is 0 Å². The van der Waals surface area contributed by atoms with Crippen LogP contribution in [0.3, 0.4) is 0 Å². The molecule has 0 aromatic heterocycles. The molecule has 0 unspecified atom stereocenters. The van der Waals surface area contributed by atoms with E-state index >= 15 is 0 Å². The van der Waals surface area contributed by atoms with Crippen molar-refractivity contribution in [3.63, 3.8) is 0 Å². The zero-order valence-corrected chi connectivity index (χ0v) is 11.1. The van der Waals surface area contributed by atoms with Crippen molar-refractivity contribution in [1.82, 2.24) is 0 Å². The van der Waals surface area contributed by atoms with Crippen LogP contribution in [0.15, 0.2) is 30.3 Å². The molecule has 0 aliphatic carbocycles. The quantitative estimate of drug-likeness (QED) is 0.869. The second-order valence-electron chi connectivity index (χ2n) is 4.63. The molecular formula is C16H17FO2. The van der Waals surface area contributed by atoms with Crippen LogP contribution >= 0.6 is 0 Å². The van der Waals surface area contributed by atoms with Gasteiger partial charge < -0.3 is 10.2 Å². The predicted molar refractivity (Wildman–Crippen MR) is 73.9 cm³/mol. The van der Waals surface area contributed by atoms with Gasteiger partial charge in [-0.05, 0) is 36.6 Å². The minimum Gasteiger partial charge on any atom is -0.507 e.